The van der Waals surface area contributed by atoms with Crippen molar-refractivity contribution in [3.05, 3.63) is 45.5 Å². The molecule has 8 heteroatoms. The van der Waals surface area contributed by atoms with Gasteiger partial charge in [-0.15, -0.1) is 11.3 Å². The second-order valence-corrected chi connectivity index (χ2v) is 5.45. The van der Waals surface area contributed by atoms with Crippen LogP contribution in [-0.2, 0) is 0 Å². The molecule has 0 bridgehead atoms. The van der Waals surface area contributed by atoms with Crippen LogP contribution in [0.25, 0.3) is 0 Å². The second kappa shape index (κ2) is 6.02. The molecule has 104 valence electrons. The van der Waals surface area contributed by atoms with E-state index in [0.717, 1.165) is 17.4 Å². The summed E-state index contributed by atoms with van der Waals surface area (Å²) in [6.45, 7) is 0. The average molecular weight is 359 g/mol. The number of carboxylic acids is 1. The van der Waals surface area contributed by atoms with Gasteiger partial charge in [-0.05, 0) is 45.6 Å². The van der Waals surface area contributed by atoms with Gasteiger partial charge < -0.3 is 10.4 Å². The van der Waals surface area contributed by atoms with Gasteiger partial charge in [0.2, 0.25) is 0 Å². The third-order valence-electron chi connectivity index (χ3n) is 2.30. The summed E-state index contributed by atoms with van der Waals surface area (Å²) in [5.41, 5.74) is 0.267. The number of rotatable bonds is 3. The first kappa shape index (κ1) is 14.5. The van der Waals surface area contributed by atoms with Gasteiger partial charge in [-0.1, -0.05) is 0 Å². The molecule has 1 aromatic carbocycles. The summed E-state index contributed by atoms with van der Waals surface area (Å²) in [6, 6.07) is 4.87. The van der Waals surface area contributed by atoms with E-state index in [1.54, 1.807) is 5.38 Å². The summed E-state index contributed by atoms with van der Waals surface area (Å²) < 4.78 is 13.6. The molecule has 2 aromatic rings. The number of halogens is 2. The van der Waals surface area contributed by atoms with Crippen LogP contribution in [0.4, 0.5) is 19.9 Å². The number of urea groups is 1. The molecule has 2 rings (SSSR count). The minimum absolute atomic E-state index is 0.00661. The number of nitrogens with one attached hydrogen (secondary N) is 2. The van der Waals surface area contributed by atoms with Crippen molar-refractivity contribution in [1.82, 2.24) is 0 Å². The van der Waals surface area contributed by atoms with Crippen molar-refractivity contribution in [3.8, 4) is 0 Å². The molecule has 0 unspecified atom stereocenters. The van der Waals surface area contributed by atoms with E-state index in [-0.39, 0.29) is 20.7 Å². The van der Waals surface area contributed by atoms with Crippen molar-refractivity contribution in [2.75, 3.05) is 10.6 Å². The van der Waals surface area contributed by atoms with Crippen molar-refractivity contribution in [1.29, 1.82) is 0 Å². The van der Waals surface area contributed by atoms with E-state index in [0.29, 0.717) is 0 Å². The van der Waals surface area contributed by atoms with E-state index in [2.05, 4.69) is 26.6 Å². The zero-order valence-corrected chi connectivity index (χ0v) is 12.2. The Hall–Kier alpha value is -1.93. The first-order valence-electron chi connectivity index (χ1n) is 5.31. The molecule has 0 radical (unpaired) electrons. The highest BCUT2D eigenvalue weighted by molar-refractivity contribution is 9.10. The Morgan fingerprint density at radius 3 is 2.65 bits per heavy atom. The third-order valence-corrected chi connectivity index (χ3v) is 3.77. The fourth-order valence-corrected chi connectivity index (χ4v) is 2.43. The summed E-state index contributed by atoms with van der Waals surface area (Å²) in [4.78, 5) is 22.6. The van der Waals surface area contributed by atoms with Crippen LogP contribution in [0.2, 0.25) is 0 Å². The van der Waals surface area contributed by atoms with Crippen molar-refractivity contribution >= 4 is 50.0 Å². The van der Waals surface area contributed by atoms with E-state index in [1.165, 1.54) is 18.2 Å². The van der Waals surface area contributed by atoms with E-state index < -0.39 is 17.8 Å². The number of aromatic carboxylic acids is 1. The summed E-state index contributed by atoms with van der Waals surface area (Å²) in [7, 11) is 0. The summed E-state index contributed by atoms with van der Waals surface area (Å²) >= 11 is 4.09. The lowest BCUT2D eigenvalue weighted by Gasteiger charge is -2.07. The SMILES string of the molecule is O=C(Nc1ccc(Br)c(F)c1)Nc1sccc1C(=O)O. The van der Waals surface area contributed by atoms with Gasteiger partial charge in [-0.3, -0.25) is 5.32 Å². The largest absolute Gasteiger partial charge is 0.478 e. The molecule has 0 aliphatic carbocycles. The summed E-state index contributed by atoms with van der Waals surface area (Å²) in [6.07, 6.45) is 0. The Morgan fingerprint density at radius 2 is 2.00 bits per heavy atom. The van der Waals surface area contributed by atoms with Crippen LogP contribution >= 0.6 is 27.3 Å². The highest BCUT2D eigenvalue weighted by Crippen LogP contribution is 2.24. The molecule has 1 heterocycles. The van der Waals surface area contributed by atoms with Crippen molar-refractivity contribution in [2.24, 2.45) is 0 Å². The highest BCUT2D eigenvalue weighted by Gasteiger charge is 2.14. The first-order valence-corrected chi connectivity index (χ1v) is 6.98. The lowest BCUT2D eigenvalue weighted by molar-refractivity contribution is 0.0698. The Bertz CT molecular complexity index is 674. The predicted octanol–water partition coefficient (Wildman–Crippen LogP) is 3.99. The van der Waals surface area contributed by atoms with Gasteiger partial charge in [-0.25, -0.2) is 14.0 Å². The van der Waals surface area contributed by atoms with Gasteiger partial charge >= 0.3 is 12.0 Å². The molecule has 0 saturated carbocycles. The smallest absolute Gasteiger partial charge is 0.338 e. The molecule has 0 aliphatic rings. The Morgan fingerprint density at radius 1 is 1.25 bits per heavy atom. The number of hydrogen-bond donors (Lipinski definition) is 3. The van der Waals surface area contributed by atoms with E-state index in [4.69, 9.17) is 5.11 Å². The minimum Gasteiger partial charge on any atom is -0.478 e. The van der Waals surface area contributed by atoms with Crippen LogP contribution in [0.3, 0.4) is 0 Å². The molecule has 1 aromatic heterocycles. The molecule has 5 nitrogen and oxygen atoms in total. The standard InChI is InChI=1S/C12H8BrFN2O3S/c13-8-2-1-6(5-9(8)14)15-12(19)16-10-7(11(17)18)3-4-20-10/h1-5H,(H,17,18)(H2,15,16,19). The highest BCUT2D eigenvalue weighted by atomic mass is 79.9. The predicted molar refractivity (Wildman–Crippen MR) is 78.0 cm³/mol. The quantitative estimate of drug-likeness (QED) is 0.775. The van der Waals surface area contributed by atoms with Crippen molar-refractivity contribution in [2.45, 2.75) is 0 Å². The van der Waals surface area contributed by atoms with Gasteiger partial charge in [0, 0.05) is 5.69 Å². The summed E-state index contributed by atoms with van der Waals surface area (Å²) in [5.74, 6) is -1.64. The minimum atomic E-state index is -1.13. The number of amides is 2. The fraction of sp³-hybridized carbons (Fsp3) is 0. The van der Waals surface area contributed by atoms with Crippen LogP contribution in [-0.4, -0.2) is 17.1 Å². The molecule has 0 spiro atoms. The number of carbonyl (C=O) groups is 2. The Balaban J connectivity index is 2.07. The lowest BCUT2D eigenvalue weighted by atomic mass is 10.3. The van der Waals surface area contributed by atoms with Crippen molar-refractivity contribution in [3.63, 3.8) is 0 Å². The van der Waals surface area contributed by atoms with Gasteiger partial charge in [-0.2, -0.15) is 0 Å². The number of carboxylic acid groups (broad SMARTS) is 1. The van der Waals surface area contributed by atoms with Crippen LogP contribution in [0, 0.1) is 5.82 Å². The fourth-order valence-electron chi connectivity index (χ4n) is 1.41. The number of anilines is 2. The molecular formula is C12H8BrFN2O3S. The Labute approximate surface area is 125 Å². The number of thiophene rings is 1. The van der Waals surface area contributed by atoms with Gasteiger partial charge in [0.05, 0.1) is 10.0 Å². The number of carbonyl (C=O) groups excluding carboxylic acids is 1. The molecule has 0 fully saturated rings. The van der Waals surface area contributed by atoms with Gasteiger partial charge in [0.25, 0.3) is 0 Å². The normalized spacial score (nSPS) is 10.1. The van der Waals surface area contributed by atoms with Gasteiger partial charge in [0.1, 0.15) is 10.8 Å². The summed E-state index contributed by atoms with van der Waals surface area (Å²) in [5, 5.41) is 15.5. The second-order valence-electron chi connectivity index (χ2n) is 3.68. The monoisotopic (exact) mass is 358 g/mol. The molecule has 0 aliphatic heterocycles. The first-order chi connectivity index (χ1) is 9.47. The topological polar surface area (TPSA) is 78.4 Å². The maximum atomic E-state index is 13.3. The van der Waals surface area contributed by atoms with E-state index >= 15 is 0 Å². The van der Waals surface area contributed by atoms with E-state index in [9.17, 15) is 14.0 Å². The molecule has 0 atom stereocenters. The maximum Gasteiger partial charge on any atom is 0.338 e. The lowest BCUT2D eigenvalue weighted by Crippen LogP contribution is -2.20. The molecule has 3 N–H and O–H groups in total. The zero-order valence-electron chi connectivity index (χ0n) is 9.81. The van der Waals surface area contributed by atoms with Crippen molar-refractivity contribution < 1.29 is 19.1 Å². The van der Waals surface area contributed by atoms with Gasteiger partial charge in [0.15, 0.2) is 0 Å². The zero-order chi connectivity index (χ0) is 14.7. The van der Waals surface area contributed by atoms with Crippen LogP contribution in [0.5, 0.6) is 0 Å². The molecular weight excluding hydrogens is 351 g/mol. The number of benzene rings is 1. The van der Waals surface area contributed by atoms with Crippen LogP contribution in [0.1, 0.15) is 10.4 Å². The van der Waals surface area contributed by atoms with Crippen LogP contribution < -0.4 is 10.6 Å². The molecule has 20 heavy (non-hydrogen) atoms. The van der Waals surface area contributed by atoms with Crippen LogP contribution in [0.15, 0.2) is 34.1 Å². The molecule has 0 saturated heterocycles. The maximum absolute atomic E-state index is 13.3. The number of hydrogen-bond acceptors (Lipinski definition) is 3. The average Bonchev–Trinajstić information content (AvgIpc) is 2.82. The molecule has 2 amide bonds. The third kappa shape index (κ3) is 3.34. The van der Waals surface area contributed by atoms with E-state index in [1.807, 2.05) is 0 Å². The Kier molecular flexibility index (Phi) is 4.35.